The number of hydrogen-bond donors (Lipinski definition) is 3. The van der Waals surface area contributed by atoms with E-state index >= 15 is 0 Å². The normalized spacial score (nSPS) is 14.0. The summed E-state index contributed by atoms with van der Waals surface area (Å²) in [7, 11) is 0. The summed E-state index contributed by atoms with van der Waals surface area (Å²) < 4.78 is 1.02. The number of nitrogens with zero attached hydrogens (tertiary/aromatic N) is 1. The van der Waals surface area contributed by atoms with Gasteiger partial charge in [-0.15, -0.1) is 22.7 Å². The number of allylic oxidation sites excluding steroid dienone is 2. The zero-order chi connectivity index (χ0) is 38.2. The summed E-state index contributed by atoms with van der Waals surface area (Å²) in [6.07, 6.45) is 0. The number of aromatic hydroxyl groups is 2. The van der Waals surface area contributed by atoms with Crippen molar-refractivity contribution >= 4 is 61.6 Å². The number of para-hydroxylation sites is 2. The van der Waals surface area contributed by atoms with Crippen LogP contribution in [0.1, 0.15) is 16.0 Å². The molecule has 0 atom stereocenters. The van der Waals surface area contributed by atoms with E-state index in [1.54, 1.807) is 12.1 Å². The molecule has 0 amide bonds. The molecule has 0 unspecified atom stereocenters. The van der Waals surface area contributed by atoms with Gasteiger partial charge in [-0.3, -0.25) is 4.79 Å². The van der Waals surface area contributed by atoms with Gasteiger partial charge in [0.25, 0.3) is 0 Å². The summed E-state index contributed by atoms with van der Waals surface area (Å²) in [4.78, 5) is 16.4. The van der Waals surface area contributed by atoms with E-state index in [2.05, 4.69) is 42.5 Å². The molecule has 8 aromatic rings. The highest BCUT2D eigenvalue weighted by Gasteiger charge is 2.39. The second kappa shape index (κ2) is 14.7. The van der Waals surface area contributed by atoms with Crippen molar-refractivity contribution in [1.29, 1.82) is 0 Å². The lowest BCUT2D eigenvalue weighted by Gasteiger charge is -2.26. The molecule has 0 fully saturated rings. The molecule has 6 aromatic carbocycles. The van der Waals surface area contributed by atoms with Crippen molar-refractivity contribution in [3.05, 3.63) is 213 Å². The molecule has 0 spiro atoms. The van der Waals surface area contributed by atoms with E-state index in [0.717, 1.165) is 54.9 Å². The number of aliphatic hydroxyl groups excluding tert-OH is 1. The third-order valence-corrected chi connectivity index (χ3v) is 12.1. The van der Waals surface area contributed by atoms with Crippen LogP contribution in [0.2, 0.25) is 0 Å². The summed E-state index contributed by atoms with van der Waals surface area (Å²) in [6.45, 7) is 0. The number of carbonyl (C=O) groups excluding carboxylic acids is 1. The lowest BCUT2D eigenvalue weighted by molar-refractivity contribution is -0.109. The minimum atomic E-state index is -0.447. The molecule has 270 valence electrons. The van der Waals surface area contributed by atoms with E-state index < -0.39 is 5.78 Å². The lowest BCUT2D eigenvalue weighted by atomic mass is 9.87. The second-order valence-corrected chi connectivity index (χ2v) is 15.3. The van der Waals surface area contributed by atoms with Gasteiger partial charge in [-0.2, -0.15) is 0 Å². The van der Waals surface area contributed by atoms with Crippen LogP contribution in [0.5, 0.6) is 11.5 Å². The third-order valence-electron chi connectivity index (χ3n) is 9.85. The zero-order valence-electron chi connectivity index (χ0n) is 29.8. The van der Waals surface area contributed by atoms with Gasteiger partial charge in [0.15, 0.2) is 0 Å². The van der Waals surface area contributed by atoms with Crippen molar-refractivity contribution in [2.75, 3.05) is 4.90 Å². The monoisotopic (exact) mass is 763 g/mol. The minimum Gasteiger partial charge on any atom is -0.506 e. The summed E-state index contributed by atoms with van der Waals surface area (Å²) in [5, 5.41) is 35.1. The predicted octanol–water partition coefficient (Wildman–Crippen LogP) is 11.0. The summed E-state index contributed by atoms with van der Waals surface area (Å²) in [5.41, 5.74) is 8.71. The Bertz CT molecular complexity index is 2900. The first-order valence-electron chi connectivity index (χ1n) is 18.1. The Kier molecular flexibility index (Phi) is 9.15. The quantitative estimate of drug-likeness (QED) is 0.144. The van der Waals surface area contributed by atoms with Gasteiger partial charge in [0.2, 0.25) is 5.78 Å². The second-order valence-electron chi connectivity index (χ2n) is 13.3. The molecule has 0 saturated heterocycles. The molecule has 1 aliphatic carbocycles. The van der Waals surface area contributed by atoms with Gasteiger partial charge in [0.1, 0.15) is 22.3 Å². The topological polar surface area (TPSA) is 81.0 Å². The number of anilines is 3. The zero-order valence-corrected chi connectivity index (χ0v) is 31.5. The summed E-state index contributed by atoms with van der Waals surface area (Å²) >= 11 is 2.47. The molecule has 7 heteroatoms. The molecule has 1 aliphatic rings. The van der Waals surface area contributed by atoms with Crippen LogP contribution in [0.25, 0.3) is 39.0 Å². The van der Waals surface area contributed by atoms with Gasteiger partial charge in [-0.1, -0.05) is 152 Å². The Morgan fingerprint density at radius 2 is 1.07 bits per heavy atom. The summed E-state index contributed by atoms with van der Waals surface area (Å²) in [5.74, 6) is -0.931. The maximum absolute atomic E-state index is 14.1. The van der Waals surface area contributed by atoms with Crippen molar-refractivity contribution in [1.82, 2.24) is 0 Å². The standard InChI is InChI=1S/C49H33NO4S2/c51-39-29-41(43(33-21-9-3-10-22-33)37-27-14-13-25-35(37)31-17-5-1-6-18-31)55-48(39)44-46(53)45(47(44)54)49-40(52)30-42(56-49)50(34-23-11-4-12-24-34)38-28-16-15-26-36(38)32-19-7-2-8-20-32/h1-30,51-53H/b43-41+,48-44+. The number of rotatable bonds is 8. The van der Waals surface area contributed by atoms with Crippen molar-refractivity contribution in [3.8, 4) is 33.8 Å². The maximum atomic E-state index is 14.1. The van der Waals surface area contributed by atoms with E-state index in [4.69, 9.17) is 0 Å². The number of ketones is 1. The van der Waals surface area contributed by atoms with Crippen LogP contribution >= 0.6 is 22.7 Å². The van der Waals surface area contributed by atoms with Gasteiger partial charge >= 0.3 is 0 Å². The SMILES string of the molecule is O=C1C(c2sc(N(c3ccccc3)c3ccccc3-c3ccccc3)cc2O)=C(O)/C1=c1\s/c(=C(\c2ccccc2)c2ccccc2-c2ccccc2)cc1O. The van der Waals surface area contributed by atoms with Gasteiger partial charge in [0.05, 0.1) is 26.2 Å². The Morgan fingerprint density at radius 1 is 0.518 bits per heavy atom. The Hall–Kier alpha value is -6.93. The molecule has 56 heavy (non-hydrogen) atoms. The molecule has 0 aliphatic heterocycles. The van der Waals surface area contributed by atoms with Gasteiger partial charge < -0.3 is 20.2 Å². The number of aliphatic hydroxyl groups is 1. The fourth-order valence-electron chi connectivity index (χ4n) is 7.26. The summed E-state index contributed by atoms with van der Waals surface area (Å²) in [6, 6.07) is 59.5. The smallest absolute Gasteiger partial charge is 0.203 e. The van der Waals surface area contributed by atoms with E-state index in [1.165, 1.54) is 22.7 Å². The predicted molar refractivity (Wildman–Crippen MR) is 229 cm³/mol. The van der Waals surface area contributed by atoms with Gasteiger partial charge in [-0.25, -0.2) is 0 Å². The van der Waals surface area contributed by atoms with E-state index in [9.17, 15) is 20.1 Å². The molecule has 0 bridgehead atoms. The number of Topliss-reactive ketones (excluding diaryl/α,β-unsaturated/α-hetero) is 1. The molecular formula is C49H33NO4S2. The van der Waals surface area contributed by atoms with E-state index in [0.29, 0.717) is 5.00 Å². The number of thiophene rings is 2. The van der Waals surface area contributed by atoms with Crippen LogP contribution in [0, 0.1) is 0 Å². The van der Waals surface area contributed by atoms with E-state index in [-0.39, 0.29) is 37.8 Å². The van der Waals surface area contributed by atoms with Crippen LogP contribution in [0.3, 0.4) is 0 Å². The van der Waals surface area contributed by atoms with Crippen LogP contribution in [0.15, 0.2) is 188 Å². The Labute approximate surface area is 331 Å². The van der Waals surface area contributed by atoms with Crippen molar-refractivity contribution in [2.45, 2.75) is 0 Å². The van der Waals surface area contributed by atoms with Crippen LogP contribution in [-0.4, -0.2) is 21.1 Å². The van der Waals surface area contributed by atoms with Crippen molar-refractivity contribution in [2.24, 2.45) is 0 Å². The molecular weight excluding hydrogens is 731 g/mol. The fraction of sp³-hybridized carbons (Fsp3) is 0. The lowest BCUT2D eigenvalue weighted by Crippen LogP contribution is -2.25. The highest BCUT2D eigenvalue weighted by molar-refractivity contribution is 7.18. The van der Waals surface area contributed by atoms with Gasteiger partial charge in [0, 0.05) is 27.4 Å². The Morgan fingerprint density at radius 3 is 1.73 bits per heavy atom. The van der Waals surface area contributed by atoms with Crippen molar-refractivity contribution < 1.29 is 20.1 Å². The maximum Gasteiger partial charge on any atom is 0.203 e. The van der Waals surface area contributed by atoms with Crippen LogP contribution < -0.4 is 14.0 Å². The molecule has 5 nitrogen and oxygen atoms in total. The largest absolute Gasteiger partial charge is 0.506 e. The Balaban J connectivity index is 1.19. The molecule has 2 heterocycles. The number of carbonyl (C=O) groups is 1. The first-order chi connectivity index (χ1) is 27.5. The molecule has 0 radical (unpaired) electrons. The first kappa shape index (κ1) is 34.8. The fourth-order valence-corrected chi connectivity index (χ4v) is 9.57. The highest BCUT2D eigenvalue weighted by Crippen LogP contribution is 2.51. The molecule has 0 saturated carbocycles. The minimum absolute atomic E-state index is 0.0224. The molecule has 9 rings (SSSR count). The van der Waals surface area contributed by atoms with Crippen molar-refractivity contribution in [3.63, 3.8) is 0 Å². The number of benzene rings is 6. The average molecular weight is 764 g/mol. The molecule has 2 aromatic heterocycles. The van der Waals surface area contributed by atoms with Gasteiger partial charge in [-0.05, 0) is 52.1 Å². The highest BCUT2D eigenvalue weighted by atomic mass is 32.1. The third kappa shape index (κ3) is 6.19. The van der Waals surface area contributed by atoms with E-state index in [1.807, 2.05) is 132 Å². The number of hydrogen-bond acceptors (Lipinski definition) is 7. The molecule has 3 N–H and O–H groups in total. The first-order valence-corrected chi connectivity index (χ1v) is 19.7. The average Bonchev–Trinajstić information content (AvgIpc) is 3.80. The van der Waals surface area contributed by atoms with Crippen LogP contribution in [-0.2, 0) is 4.79 Å². The van der Waals surface area contributed by atoms with Crippen LogP contribution in [0.4, 0.5) is 16.4 Å².